The van der Waals surface area contributed by atoms with Crippen molar-refractivity contribution >= 4 is 11.8 Å². The Balaban J connectivity index is 1.95. The van der Waals surface area contributed by atoms with Crippen molar-refractivity contribution in [2.75, 3.05) is 19.6 Å². The Hall–Kier alpha value is -1.68. The van der Waals surface area contributed by atoms with Gasteiger partial charge in [-0.2, -0.15) is 0 Å². The highest BCUT2D eigenvalue weighted by molar-refractivity contribution is 6.22. The van der Waals surface area contributed by atoms with Crippen molar-refractivity contribution < 1.29 is 9.59 Å². The number of benzene rings is 1. The average molecular weight is 258 g/mol. The molecule has 0 saturated carbocycles. The van der Waals surface area contributed by atoms with Crippen molar-refractivity contribution in [2.45, 2.75) is 20.3 Å². The minimum Gasteiger partial charge on any atom is -0.316 e. The van der Waals surface area contributed by atoms with Gasteiger partial charge in [0.05, 0.1) is 11.1 Å². The lowest BCUT2D eigenvalue weighted by Crippen LogP contribution is -2.35. The van der Waals surface area contributed by atoms with Gasteiger partial charge < -0.3 is 5.32 Å². The number of nitrogens with zero attached hydrogens (tertiary/aromatic N) is 1. The van der Waals surface area contributed by atoms with Gasteiger partial charge in [0, 0.05) is 6.54 Å². The number of hydrogen-bond donors (Lipinski definition) is 1. The maximum Gasteiger partial charge on any atom is 0.261 e. The largest absolute Gasteiger partial charge is 0.316 e. The SMILES string of the molecule is Cc1ccc(C)c2c1C(=O)N(CC1CCNC1)C2=O. The summed E-state index contributed by atoms with van der Waals surface area (Å²) in [5.41, 5.74) is 3.00. The molecule has 0 radical (unpaired) electrons. The average Bonchev–Trinajstić information content (AvgIpc) is 2.97. The number of imide groups is 1. The maximum atomic E-state index is 12.5. The van der Waals surface area contributed by atoms with Crippen LogP contribution in [0.25, 0.3) is 0 Å². The van der Waals surface area contributed by atoms with E-state index < -0.39 is 0 Å². The molecule has 1 aromatic carbocycles. The summed E-state index contributed by atoms with van der Waals surface area (Å²) in [6.45, 7) is 6.20. The van der Waals surface area contributed by atoms with E-state index in [0.29, 0.717) is 23.6 Å². The summed E-state index contributed by atoms with van der Waals surface area (Å²) in [6, 6.07) is 3.83. The molecular weight excluding hydrogens is 240 g/mol. The monoisotopic (exact) mass is 258 g/mol. The predicted octanol–water partition coefficient (Wildman–Crippen LogP) is 1.51. The number of carbonyl (C=O) groups is 2. The number of amides is 2. The van der Waals surface area contributed by atoms with Gasteiger partial charge in [0.2, 0.25) is 0 Å². The number of carbonyl (C=O) groups excluding carboxylic acids is 2. The van der Waals surface area contributed by atoms with Crippen LogP contribution in [0.2, 0.25) is 0 Å². The van der Waals surface area contributed by atoms with Crippen LogP contribution in [0.1, 0.15) is 38.3 Å². The van der Waals surface area contributed by atoms with Crippen LogP contribution in [-0.4, -0.2) is 36.3 Å². The van der Waals surface area contributed by atoms with Gasteiger partial charge in [-0.05, 0) is 50.4 Å². The van der Waals surface area contributed by atoms with Gasteiger partial charge in [0.25, 0.3) is 11.8 Å². The molecule has 1 fully saturated rings. The zero-order valence-electron chi connectivity index (χ0n) is 11.3. The molecule has 3 rings (SSSR count). The molecule has 0 aromatic heterocycles. The second-order valence-electron chi connectivity index (χ2n) is 5.53. The highest BCUT2D eigenvalue weighted by Crippen LogP contribution is 2.29. The molecule has 19 heavy (non-hydrogen) atoms. The van der Waals surface area contributed by atoms with Gasteiger partial charge >= 0.3 is 0 Å². The normalized spacial score (nSPS) is 22.2. The molecule has 1 unspecified atom stereocenters. The van der Waals surface area contributed by atoms with Crippen LogP contribution in [0.4, 0.5) is 0 Å². The van der Waals surface area contributed by atoms with E-state index in [1.54, 1.807) is 0 Å². The standard InChI is InChI=1S/C15H18N2O2/c1-9-3-4-10(2)13-12(9)14(18)17(15(13)19)8-11-5-6-16-7-11/h3-4,11,16H,5-8H2,1-2H3. The van der Waals surface area contributed by atoms with Crippen LogP contribution in [0.3, 0.4) is 0 Å². The van der Waals surface area contributed by atoms with Crippen molar-refractivity contribution in [2.24, 2.45) is 5.92 Å². The fourth-order valence-electron chi connectivity index (χ4n) is 3.02. The lowest BCUT2D eigenvalue weighted by Gasteiger charge is -2.18. The van der Waals surface area contributed by atoms with Gasteiger partial charge in [-0.15, -0.1) is 0 Å². The Kier molecular flexibility index (Phi) is 2.90. The lowest BCUT2D eigenvalue weighted by atomic mass is 9.99. The van der Waals surface area contributed by atoms with Crippen molar-refractivity contribution in [1.82, 2.24) is 10.2 Å². The number of nitrogens with one attached hydrogen (secondary N) is 1. The van der Waals surface area contributed by atoms with Gasteiger partial charge in [0.1, 0.15) is 0 Å². The first kappa shape index (κ1) is 12.4. The van der Waals surface area contributed by atoms with Crippen molar-refractivity contribution in [3.8, 4) is 0 Å². The van der Waals surface area contributed by atoms with E-state index in [0.717, 1.165) is 30.6 Å². The number of fused-ring (bicyclic) bond motifs is 1. The van der Waals surface area contributed by atoms with Crippen molar-refractivity contribution in [1.29, 1.82) is 0 Å². The van der Waals surface area contributed by atoms with Crippen LogP contribution in [-0.2, 0) is 0 Å². The molecule has 2 aliphatic rings. The van der Waals surface area contributed by atoms with E-state index in [1.807, 2.05) is 26.0 Å². The van der Waals surface area contributed by atoms with Crippen LogP contribution in [0.15, 0.2) is 12.1 Å². The molecule has 1 atom stereocenters. The topological polar surface area (TPSA) is 49.4 Å². The van der Waals surface area contributed by atoms with Gasteiger partial charge in [-0.3, -0.25) is 14.5 Å². The molecular formula is C15H18N2O2. The number of hydrogen-bond acceptors (Lipinski definition) is 3. The minimum absolute atomic E-state index is 0.117. The minimum atomic E-state index is -0.117. The highest BCUT2D eigenvalue weighted by atomic mass is 16.2. The smallest absolute Gasteiger partial charge is 0.261 e. The molecule has 2 amide bonds. The van der Waals surface area contributed by atoms with Crippen molar-refractivity contribution in [3.05, 3.63) is 34.4 Å². The molecule has 1 saturated heterocycles. The Morgan fingerprint density at radius 1 is 1.16 bits per heavy atom. The first-order valence-electron chi connectivity index (χ1n) is 6.76. The van der Waals surface area contributed by atoms with Crippen molar-refractivity contribution in [3.63, 3.8) is 0 Å². The fourth-order valence-corrected chi connectivity index (χ4v) is 3.02. The van der Waals surface area contributed by atoms with E-state index >= 15 is 0 Å². The number of aryl methyl sites for hydroxylation is 2. The second kappa shape index (κ2) is 4.46. The molecule has 0 aliphatic carbocycles. The van der Waals surface area contributed by atoms with E-state index in [-0.39, 0.29) is 11.8 Å². The third kappa shape index (κ3) is 1.87. The van der Waals surface area contributed by atoms with E-state index in [9.17, 15) is 9.59 Å². The zero-order chi connectivity index (χ0) is 13.6. The first-order chi connectivity index (χ1) is 9.09. The fraction of sp³-hybridized carbons (Fsp3) is 0.467. The first-order valence-corrected chi connectivity index (χ1v) is 6.76. The Labute approximate surface area is 112 Å². The zero-order valence-corrected chi connectivity index (χ0v) is 11.3. The molecule has 0 spiro atoms. The molecule has 1 aromatic rings. The third-order valence-corrected chi connectivity index (χ3v) is 4.14. The Morgan fingerprint density at radius 3 is 2.21 bits per heavy atom. The van der Waals surface area contributed by atoms with Crippen LogP contribution < -0.4 is 5.32 Å². The summed E-state index contributed by atoms with van der Waals surface area (Å²) in [7, 11) is 0. The van der Waals surface area contributed by atoms with Crippen LogP contribution in [0.5, 0.6) is 0 Å². The number of rotatable bonds is 2. The highest BCUT2D eigenvalue weighted by Gasteiger charge is 2.39. The third-order valence-electron chi connectivity index (χ3n) is 4.14. The molecule has 4 heteroatoms. The molecule has 4 nitrogen and oxygen atoms in total. The summed E-state index contributed by atoms with van der Waals surface area (Å²) in [4.78, 5) is 26.3. The Morgan fingerprint density at radius 2 is 1.74 bits per heavy atom. The van der Waals surface area contributed by atoms with E-state index in [1.165, 1.54) is 4.90 Å². The quantitative estimate of drug-likeness (QED) is 0.818. The molecule has 100 valence electrons. The lowest BCUT2D eigenvalue weighted by molar-refractivity contribution is 0.0632. The maximum absolute atomic E-state index is 12.5. The van der Waals surface area contributed by atoms with Gasteiger partial charge in [-0.1, -0.05) is 12.1 Å². The van der Waals surface area contributed by atoms with Crippen LogP contribution in [0, 0.1) is 19.8 Å². The second-order valence-corrected chi connectivity index (χ2v) is 5.53. The molecule has 2 heterocycles. The summed E-state index contributed by atoms with van der Waals surface area (Å²) in [5, 5.41) is 3.27. The summed E-state index contributed by atoms with van der Waals surface area (Å²) in [6.07, 6.45) is 1.03. The Bertz CT molecular complexity index is 519. The molecule has 0 bridgehead atoms. The van der Waals surface area contributed by atoms with E-state index in [2.05, 4.69) is 5.32 Å². The van der Waals surface area contributed by atoms with E-state index in [4.69, 9.17) is 0 Å². The van der Waals surface area contributed by atoms with Crippen LogP contribution >= 0.6 is 0 Å². The predicted molar refractivity (Wildman–Crippen MR) is 72.3 cm³/mol. The van der Waals surface area contributed by atoms with Gasteiger partial charge in [0.15, 0.2) is 0 Å². The molecule has 1 N–H and O–H groups in total. The summed E-state index contributed by atoms with van der Waals surface area (Å²) >= 11 is 0. The summed E-state index contributed by atoms with van der Waals surface area (Å²) in [5.74, 6) is 0.157. The molecule has 2 aliphatic heterocycles. The van der Waals surface area contributed by atoms with Gasteiger partial charge in [-0.25, -0.2) is 0 Å². The summed E-state index contributed by atoms with van der Waals surface area (Å²) < 4.78 is 0.